The van der Waals surface area contributed by atoms with Gasteiger partial charge in [-0.05, 0) is 43.0 Å². The van der Waals surface area contributed by atoms with Crippen LogP contribution in [0.2, 0.25) is 0 Å². The van der Waals surface area contributed by atoms with Crippen molar-refractivity contribution in [2.75, 3.05) is 12.8 Å². The molecule has 0 spiro atoms. The summed E-state index contributed by atoms with van der Waals surface area (Å²) in [4.78, 5) is 4.43. The van der Waals surface area contributed by atoms with E-state index < -0.39 is 9.84 Å². The van der Waals surface area contributed by atoms with Gasteiger partial charge in [-0.15, -0.1) is 0 Å². The van der Waals surface area contributed by atoms with Gasteiger partial charge in [0.1, 0.15) is 5.82 Å². The fourth-order valence-electron chi connectivity index (χ4n) is 2.07. The molecule has 0 unspecified atom stereocenters. The first kappa shape index (κ1) is 16.7. The van der Waals surface area contributed by atoms with Crippen LogP contribution in [0.5, 0.6) is 0 Å². The van der Waals surface area contributed by atoms with Crippen molar-refractivity contribution in [3.8, 4) is 0 Å². The van der Waals surface area contributed by atoms with Gasteiger partial charge < -0.3 is 10.6 Å². The summed E-state index contributed by atoms with van der Waals surface area (Å²) < 4.78 is 36.4. The molecule has 1 aliphatic rings. The molecule has 1 aliphatic carbocycles. The summed E-state index contributed by atoms with van der Waals surface area (Å²) in [7, 11) is -3.17. The third-order valence-electron chi connectivity index (χ3n) is 3.26. The normalized spacial score (nSPS) is 15.7. The SMILES string of the molecule is CCNC(=NCc1cc(F)ccc1CS(C)(=O)=O)NC1CC1. The predicted molar refractivity (Wildman–Crippen MR) is 85.9 cm³/mol. The number of hydrogen-bond donors (Lipinski definition) is 2. The Morgan fingerprint density at radius 3 is 2.68 bits per heavy atom. The van der Waals surface area contributed by atoms with Crippen LogP contribution in [0.4, 0.5) is 4.39 Å². The molecule has 0 bridgehead atoms. The van der Waals surface area contributed by atoms with Crippen LogP contribution in [0.15, 0.2) is 23.2 Å². The van der Waals surface area contributed by atoms with E-state index in [-0.39, 0.29) is 18.1 Å². The van der Waals surface area contributed by atoms with Crippen LogP contribution in [0.1, 0.15) is 30.9 Å². The van der Waals surface area contributed by atoms with Gasteiger partial charge in [0.05, 0.1) is 12.3 Å². The largest absolute Gasteiger partial charge is 0.357 e. The molecule has 0 atom stereocenters. The summed E-state index contributed by atoms with van der Waals surface area (Å²) in [5, 5.41) is 6.40. The number of guanidine groups is 1. The van der Waals surface area contributed by atoms with Crippen molar-refractivity contribution < 1.29 is 12.8 Å². The van der Waals surface area contributed by atoms with E-state index in [4.69, 9.17) is 0 Å². The second-order valence-corrected chi connectivity index (χ2v) is 7.74. The molecule has 2 rings (SSSR count). The van der Waals surface area contributed by atoms with Crippen molar-refractivity contribution in [2.24, 2.45) is 4.99 Å². The van der Waals surface area contributed by atoms with Crippen molar-refractivity contribution in [1.82, 2.24) is 10.6 Å². The average Bonchev–Trinajstić information content (AvgIpc) is 3.21. The lowest BCUT2D eigenvalue weighted by molar-refractivity contribution is 0.600. The summed E-state index contributed by atoms with van der Waals surface area (Å²) in [5.74, 6) is 0.187. The molecule has 0 heterocycles. The highest BCUT2D eigenvalue weighted by molar-refractivity contribution is 7.89. The summed E-state index contributed by atoms with van der Waals surface area (Å²) in [6, 6.07) is 4.61. The van der Waals surface area contributed by atoms with Gasteiger partial charge in [-0.1, -0.05) is 6.07 Å². The minimum atomic E-state index is -3.17. The van der Waals surface area contributed by atoms with Gasteiger partial charge in [-0.25, -0.2) is 17.8 Å². The highest BCUT2D eigenvalue weighted by atomic mass is 32.2. The highest BCUT2D eigenvalue weighted by Gasteiger charge is 2.22. The lowest BCUT2D eigenvalue weighted by Crippen LogP contribution is -2.38. The lowest BCUT2D eigenvalue weighted by Gasteiger charge is -2.11. The Morgan fingerprint density at radius 1 is 1.36 bits per heavy atom. The second kappa shape index (κ2) is 7.09. The number of benzene rings is 1. The van der Waals surface area contributed by atoms with Crippen LogP contribution >= 0.6 is 0 Å². The number of nitrogens with one attached hydrogen (secondary N) is 2. The van der Waals surface area contributed by atoms with E-state index in [0.717, 1.165) is 19.4 Å². The maximum Gasteiger partial charge on any atom is 0.191 e. The van der Waals surface area contributed by atoms with Crippen LogP contribution in [-0.4, -0.2) is 33.2 Å². The van der Waals surface area contributed by atoms with Crippen LogP contribution in [0.3, 0.4) is 0 Å². The summed E-state index contributed by atoms with van der Waals surface area (Å²) in [6.45, 7) is 2.95. The first-order chi connectivity index (χ1) is 10.4. The smallest absolute Gasteiger partial charge is 0.191 e. The van der Waals surface area contributed by atoms with Gasteiger partial charge in [0.2, 0.25) is 0 Å². The van der Waals surface area contributed by atoms with Crippen LogP contribution in [-0.2, 0) is 22.1 Å². The van der Waals surface area contributed by atoms with E-state index in [0.29, 0.717) is 23.1 Å². The maximum atomic E-state index is 13.4. The molecular weight excluding hydrogens is 305 g/mol. The van der Waals surface area contributed by atoms with Gasteiger partial charge in [0.15, 0.2) is 15.8 Å². The number of halogens is 1. The molecule has 1 aromatic carbocycles. The number of nitrogens with zero attached hydrogens (tertiary/aromatic N) is 1. The number of hydrogen-bond acceptors (Lipinski definition) is 3. The highest BCUT2D eigenvalue weighted by Crippen LogP contribution is 2.19. The molecule has 0 aromatic heterocycles. The molecule has 0 amide bonds. The Hall–Kier alpha value is -1.63. The van der Waals surface area contributed by atoms with Crippen LogP contribution < -0.4 is 10.6 Å². The Bertz CT molecular complexity index is 655. The zero-order valence-corrected chi connectivity index (χ0v) is 13.7. The number of rotatable bonds is 6. The fourth-order valence-corrected chi connectivity index (χ4v) is 2.92. The molecule has 22 heavy (non-hydrogen) atoms. The molecule has 7 heteroatoms. The minimum Gasteiger partial charge on any atom is -0.357 e. The molecule has 0 aliphatic heterocycles. The van der Waals surface area contributed by atoms with Gasteiger partial charge in [0.25, 0.3) is 0 Å². The van der Waals surface area contributed by atoms with Gasteiger partial charge in [-0.2, -0.15) is 0 Å². The number of sulfone groups is 1. The molecule has 1 aromatic rings. The van der Waals surface area contributed by atoms with E-state index in [1.54, 1.807) is 0 Å². The van der Waals surface area contributed by atoms with E-state index >= 15 is 0 Å². The first-order valence-electron chi connectivity index (χ1n) is 7.37. The van der Waals surface area contributed by atoms with E-state index in [2.05, 4.69) is 15.6 Å². The van der Waals surface area contributed by atoms with Crippen molar-refractivity contribution in [3.05, 3.63) is 35.1 Å². The molecule has 122 valence electrons. The van der Waals surface area contributed by atoms with E-state index in [1.165, 1.54) is 24.5 Å². The molecular formula is C15H22FN3O2S. The molecule has 0 saturated heterocycles. The van der Waals surface area contributed by atoms with Gasteiger partial charge in [-0.3, -0.25) is 0 Å². The maximum absolute atomic E-state index is 13.4. The van der Waals surface area contributed by atoms with Crippen LogP contribution in [0, 0.1) is 5.82 Å². The third-order valence-corrected chi connectivity index (χ3v) is 4.09. The first-order valence-corrected chi connectivity index (χ1v) is 9.43. The van der Waals surface area contributed by atoms with Gasteiger partial charge in [0, 0.05) is 18.8 Å². The summed E-state index contributed by atoms with van der Waals surface area (Å²) in [6.07, 6.45) is 3.43. The molecule has 1 fully saturated rings. The lowest BCUT2D eigenvalue weighted by atomic mass is 10.1. The standard InChI is InChI=1S/C15H22FN3O2S/c1-3-17-15(19-14-6-7-14)18-9-12-8-13(16)5-4-11(12)10-22(2,20)21/h4-5,8,14H,3,6-7,9-10H2,1-2H3,(H2,17,18,19). The second-order valence-electron chi connectivity index (χ2n) is 5.60. The Labute approximate surface area is 130 Å². The topological polar surface area (TPSA) is 70.6 Å². The third kappa shape index (κ3) is 5.63. The molecule has 2 N–H and O–H groups in total. The van der Waals surface area contributed by atoms with Crippen molar-refractivity contribution in [1.29, 1.82) is 0 Å². The molecule has 0 radical (unpaired) electrons. The predicted octanol–water partition coefficient (Wildman–Crippen LogP) is 1.59. The quantitative estimate of drug-likeness (QED) is 0.615. The zero-order valence-electron chi connectivity index (χ0n) is 12.9. The minimum absolute atomic E-state index is 0.106. The van der Waals surface area contributed by atoms with Crippen LogP contribution in [0.25, 0.3) is 0 Å². The molecule has 1 saturated carbocycles. The van der Waals surface area contributed by atoms with Crippen molar-refractivity contribution in [2.45, 2.75) is 38.1 Å². The van der Waals surface area contributed by atoms with Crippen molar-refractivity contribution >= 4 is 15.8 Å². The number of aliphatic imine (C=N–C) groups is 1. The Balaban J connectivity index is 2.16. The fraction of sp³-hybridized carbons (Fsp3) is 0.533. The average molecular weight is 327 g/mol. The van der Waals surface area contributed by atoms with Gasteiger partial charge >= 0.3 is 0 Å². The molecule has 5 nitrogen and oxygen atoms in total. The Morgan fingerprint density at radius 2 is 2.09 bits per heavy atom. The van der Waals surface area contributed by atoms with Crippen molar-refractivity contribution in [3.63, 3.8) is 0 Å². The monoisotopic (exact) mass is 327 g/mol. The summed E-state index contributed by atoms with van der Waals surface area (Å²) in [5.41, 5.74) is 1.19. The Kier molecular flexibility index (Phi) is 5.39. The zero-order chi connectivity index (χ0) is 16.2. The van der Waals surface area contributed by atoms with E-state index in [1.807, 2.05) is 6.92 Å². The van der Waals surface area contributed by atoms with E-state index in [9.17, 15) is 12.8 Å². The summed E-state index contributed by atoms with van der Waals surface area (Å²) >= 11 is 0.